The summed E-state index contributed by atoms with van der Waals surface area (Å²) in [6.45, 7) is 4.91. The number of piperidine rings is 1. The van der Waals surface area contributed by atoms with Crippen LogP contribution in [0.2, 0.25) is 0 Å². The Morgan fingerprint density at radius 3 is 3.20 bits per heavy atom. The van der Waals surface area contributed by atoms with E-state index in [1.807, 2.05) is 6.92 Å². The smallest absolute Gasteiger partial charge is 0.248 e. The van der Waals surface area contributed by atoms with Crippen LogP contribution in [0, 0.1) is 12.8 Å². The fourth-order valence-electron chi connectivity index (χ4n) is 3.18. The number of nitrogens with zero attached hydrogens (tertiary/aromatic N) is 2. The Hall–Kier alpha value is -0.980. The van der Waals surface area contributed by atoms with Crippen LogP contribution in [-0.4, -0.2) is 48.1 Å². The van der Waals surface area contributed by atoms with Gasteiger partial charge in [0.25, 0.3) is 0 Å². The van der Waals surface area contributed by atoms with Crippen molar-refractivity contribution in [1.29, 1.82) is 0 Å². The number of likely N-dealkylation sites (tertiary alicyclic amines) is 1. The van der Waals surface area contributed by atoms with E-state index in [1.54, 1.807) is 18.4 Å². The molecule has 3 rings (SSSR count). The predicted octanol–water partition coefficient (Wildman–Crippen LogP) is 1.18. The van der Waals surface area contributed by atoms with Gasteiger partial charge in [0.2, 0.25) is 5.91 Å². The molecule has 2 aliphatic rings. The quantitative estimate of drug-likeness (QED) is 0.910. The van der Waals surface area contributed by atoms with Gasteiger partial charge in [0.05, 0.1) is 16.8 Å². The number of aromatic nitrogens is 1. The summed E-state index contributed by atoms with van der Waals surface area (Å²) in [5.74, 6) is 0.548. The van der Waals surface area contributed by atoms with Crippen molar-refractivity contribution in [1.82, 2.24) is 15.2 Å². The first kappa shape index (κ1) is 14.0. The van der Waals surface area contributed by atoms with E-state index in [1.165, 1.54) is 0 Å². The predicted molar refractivity (Wildman–Crippen MR) is 77.6 cm³/mol. The molecule has 110 valence electrons. The molecule has 0 saturated carbocycles. The highest BCUT2D eigenvalue weighted by Crippen LogP contribution is 2.33. The van der Waals surface area contributed by atoms with E-state index in [4.69, 9.17) is 4.74 Å². The molecule has 1 aromatic heterocycles. The molecule has 5 nitrogen and oxygen atoms in total. The highest BCUT2D eigenvalue weighted by molar-refractivity contribution is 7.09. The summed E-state index contributed by atoms with van der Waals surface area (Å²) < 4.78 is 5.92. The first-order valence-corrected chi connectivity index (χ1v) is 8.04. The van der Waals surface area contributed by atoms with Crippen molar-refractivity contribution in [3.63, 3.8) is 0 Å². The van der Waals surface area contributed by atoms with E-state index in [0.717, 1.165) is 43.2 Å². The van der Waals surface area contributed by atoms with Crippen molar-refractivity contribution >= 4 is 17.2 Å². The molecular formula is C14H21N3O2S. The average Bonchev–Trinajstić information content (AvgIpc) is 3.03. The van der Waals surface area contributed by atoms with Crippen molar-refractivity contribution < 1.29 is 9.53 Å². The minimum Gasteiger partial charge on any atom is -0.364 e. The molecule has 2 fully saturated rings. The van der Waals surface area contributed by atoms with E-state index in [2.05, 4.69) is 20.6 Å². The molecule has 0 bridgehead atoms. The molecule has 2 saturated heterocycles. The lowest BCUT2D eigenvalue weighted by Crippen LogP contribution is -2.42. The molecular weight excluding hydrogens is 274 g/mol. The lowest BCUT2D eigenvalue weighted by Gasteiger charge is -2.33. The molecule has 1 N–H and O–H groups in total. The van der Waals surface area contributed by atoms with Crippen molar-refractivity contribution in [2.45, 2.75) is 38.5 Å². The summed E-state index contributed by atoms with van der Waals surface area (Å²) in [5, 5.41) is 5.93. The third kappa shape index (κ3) is 2.87. The van der Waals surface area contributed by atoms with Gasteiger partial charge in [0, 0.05) is 25.5 Å². The molecule has 6 heteroatoms. The average molecular weight is 295 g/mol. The van der Waals surface area contributed by atoms with E-state index < -0.39 is 0 Å². The van der Waals surface area contributed by atoms with E-state index in [9.17, 15) is 4.79 Å². The number of amides is 1. The van der Waals surface area contributed by atoms with Crippen LogP contribution in [0.3, 0.4) is 0 Å². The zero-order valence-electron chi connectivity index (χ0n) is 12.0. The van der Waals surface area contributed by atoms with Crippen LogP contribution in [0.5, 0.6) is 0 Å². The van der Waals surface area contributed by atoms with Gasteiger partial charge in [-0.25, -0.2) is 4.98 Å². The number of carbonyl (C=O) groups is 1. The third-order valence-electron chi connectivity index (χ3n) is 4.23. The molecule has 2 aliphatic heterocycles. The van der Waals surface area contributed by atoms with Gasteiger partial charge in [-0.1, -0.05) is 0 Å². The van der Waals surface area contributed by atoms with Crippen LogP contribution in [0.4, 0.5) is 0 Å². The van der Waals surface area contributed by atoms with E-state index in [-0.39, 0.29) is 18.1 Å². The van der Waals surface area contributed by atoms with E-state index >= 15 is 0 Å². The fourth-order valence-corrected chi connectivity index (χ4v) is 3.78. The van der Waals surface area contributed by atoms with Gasteiger partial charge in [-0.05, 0) is 32.2 Å². The van der Waals surface area contributed by atoms with Crippen molar-refractivity contribution in [3.05, 3.63) is 16.1 Å². The molecule has 0 radical (unpaired) electrons. The molecule has 20 heavy (non-hydrogen) atoms. The van der Waals surface area contributed by atoms with Gasteiger partial charge in [-0.3, -0.25) is 9.69 Å². The summed E-state index contributed by atoms with van der Waals surface area (Å²) >= 11 is 1.70. The Bertz CT molecular complexity index is 491. The Morgan fingerprint density at radius 2 is 2.50 bits per heavy atom. The Morgan fingerprint density at radius 1 is 1.65 bits per heavy atom. The van der Waals surface area contributed by atoms with E-state index in [0.29, 0.717) is 5.92 Å². The standard InChI is InChI=1S/C14H21N3O2S/c1-9-16-11(8-20-9)6-17-4-3-10-5-12(14(18)15-2)19-13(10)7-17/h8,10,12-13H,3-7H2,1-2H3,(H,15,18)/t10-,12-,13+/m0/s1. The SMILES string of the molecule is CNC(=O)[C@@H]1C[C@@H]2CCN(Cc3csc(C)n3)C[C@H]2O1. The number of ether oxygens (including phenoxy) is 1. The van der Waals surface area contributed by atoms with Crippen LogP contribution in [0.15, 0.2) is 5.38 Å². The number of fused-ring (bicyclic) bond motifs is 1. The van der Waals surface area contributed by atoms with Crippen molar-refractivity contribution in [2.75, 3.05) is 20.1 Å². The normalized spacial score (nSPS) is 30.2. The summed E-state index contributed by atoms with van der Waals surface area (Å²) in [7, 11) is 1.67. The van der Waals surface area contributed by atoms with Crippen LogP contribution < -0.4 is 5.32 Å². The van der Waals surface area contributed by atoms with Gasteiger partial charge < -0.3 is 10.1 Å². The number of likely N-dealkylation sites (N-methyl/N-ethyl adjacent to an activating group) is 1. The van der Waals surface area contributed by atoms with Gasteiger partial charge >= 0.3 is 0 Å². The topological polar surface area (TPSA) is 54.5 Å². The van der Waals surface area contributed by atoms with Crippen molar-refractivity contribution in [2.24, 2.45) is 5.92 Å². The van der Waals surface area contributed by atoms with Crippen LogP contribution in [-0.2, 0) is 16.1 Å². The summed E-state index contributed by atoms with van der Waals surface area (Å²) in [4.78, 5) is 18.6. The lowest BCUT2D eigenvalue weighted by molar-refractivity contribution is -0.132. The zero-order chi connectivity index (χ0) is 14.1. The Labute approximate surface area is 123 Å². The molecule has 3 atom stereocenters. The van der Waals surface area contributed by atoms with Gasteiger partial charge in [0.1, 0.15) is 6.10 Å². The molecule has 0 aromatic carbocycles. The van der Waals surface area contributed by atoms with Gasteiger partial charge in [-0.2, -0.15) is 0 Å². The van der Waals surface area contributed by atoms with Crippen LogP contribution in [0.1, 0.15) is 23.5 Å². The Kier molecular flexibility index (Phi) is 4.05. The number of rotatable bonds is 3. The monoisotopic (exact) mass is 295 g/mol. The molecule has 1 amide bonds. The van der Waals surface area contributed by atoms with Gasteiger partial charge in [-0.15, -0.1) is 11.3 Å². The largest absolute Gasteiger partial charge is 0.364 e. The summed E-state index contributed by atoms with van der Waals surface area (Å²) in [6, 6.07) is 0. The second kappa shape index (κ2) is 5.79. The number of hydrogen-bond donors (Lipinski definition) is 1. The maximum Gasteiger partial charge on any atom is 0.248 e. The molecule has 3 heterocycles. The zero-order valence-corrected chi connectivity index (χ0v) is 12.8. The number of carbonyl (C=O) groups excluding carboxylic acids is 1. The lowest BCUT2D eigenvalue weighted by atomic mass is 9.91. The number of thiazole rings is 1. The van der Waals surface area contributed by atoms with Gasteiger partial charge in [0.15, 0.2) is 0 Å². The second-order valence-electron chi connectivity index (χ2n) is 5.65. The molecule has 0 unspecified atom stereocenters. The highest BCUT2D eigenvalue weighted by Gasteiger charge is 2.41. The molecule has 0 spiro atoms. The number of nitrogens with one attached hydrogen (secondary N) is 1. The molecule has 0 aliphatic carbocycles. The minimum absolute atomic E-state index is 0.0149. The van der Waals surface area contributed by atoms with Crippen LogP contribution >= 0.6 is 11.3 Å². The second-order valence-corrected chi connectivity index (χ2v) is 6.72. The highest BCUT2D eigenvalue weighted by atomic mass is 32.1. The number of aryl methyl sites for hydroxylation is 1. The van der Waals surface area contributed by atoms with Crippen LogP contribution in [0.25, 0.3) is 0 Å². The third-order valence-corrected chi connectivity index (χ3v) is 5.05. The maximum absolute atomic E-state index is 11.7. The maximum atomic E-state index is 11.7. The number of hydrogen-bond acceptors (Lipinski definition) is 5. The first-order valence-electron chi connectivity index (χ1n) is 7.16. The summed E-state index contributed by atoms with van der Waals surface area (Å²) in [5.41, 5.74) is 1.15. The Balaban J connectivity index is 1.57. The molecule has 1 aromatic rings. The fraction of sp³-hybridized carbons (Fsp3) is 0.714. The summed E-state index contributed by atoms with van der Waals surface area (Å²) in [6.07, 6.45) is 1.93. The minimum atomic E-state index is -0.253. The van der Waals surface area contributed by atoms with Crippen molar-refractivity contribution in [3.8, 4) is 0 Å². The first-order chi connectivity index (χ1) is 9.65.